The van der Waals surface area contributed by atoms with Gasteiger partial charge in [-0.2, -0.15) is 0 Å². The van der Waals surface area contributed by atoms with E-state index in [2.05, 4.69) is 4.98 Å². The van der Waals surface area contributed by atoms with E-state index < -0.39 is 9.84 Å². The molecule has 1 heterocycles. The summed E-state index contributed by atoms with van der Waals surface area (Å²) in [5.41, 5.74) is 2.14. The van der Waals surface area contributed by atoms with Gasteiger partial charge in [0.05, 0.1) is 5.75 Å². The Morgan fingerprint density at radius 2 is 2.18 bits per heavy atom. The second-order valence-corrected chi connectivity index (χ2v) is 6.94. The fourth-order valence-electron chi connectivity index (χ4n) is 2.08. The third kappa shape index (κ3) is 2.80. The number of hydrogen-bond acceptors (Lipinski definition) is 3. The lowest BCUT2D eigenvalue weighted by atomic mass is 10.2. The molecule has 2 rings (SSSR count). The predicted octanol–water partition coefficient (Wildman–Crippen LogP) is 2.22. The van der Waals surface area contributed by atoms with Gasteiger partial charge < -0.3 is 0 Å². The van der Waals surface area contributed by atoms with E-state index in [0.29, 0.717) is 5.88 Å². The molecule has 1 aliphatic carbocycles. The van der Waals surface area contributed by atoms with E-state index in [9.17, 15) is 8.42 Å². The molecule has 0 saturated heterocycles. The van der Waals surface area contributed by atoms with Gasteiger partial charge in [-0.05, 0) is 36.8 Å². The van der Waals surface area contributed by atoms with E-state index in [-0.39, 0.29) is 16.7 Å². The van der Waals surface area contributed by atoms with Crippen molar-refractivity contribution in [1.29, 1.82) is 0 Å². The van der Waals surface area contributed by atoms with E-state index >= 15 is 0 Å². The Labute approximate surface area is 107 Å². The van der Waals surface area contributed by atoms with Crippen molar-refractivity contribution in [3.8, 4) is 0 Å². The number of hydrogen-bond donors (Lipinski definition) is 0. The molecule has 1 aromatic heterocycles. The summed E-state index contributed by atoms with van der Waals surface area (Å²) >= 11 is 5.65. The maximum atomic E-state index is 12.1. The third-order valence-corrected chi connectivity index (χ3v) is 5.39. The Balaban J connectivity index is 2.28. The number of halogens is 1. The minimum absolute atomic E-state index is 0.0447. The highest BCUT2D eigenvalue weighted by atomic mass is 35.5. The van der Waals surface area contributed by atoms with Gasteiger partial charge in [-0.25, -0.2) is 13.4 Å². The van der Waals surface area contributed by atoms with Crippen LogP contribution in [0.2, 0.25) is 0 Å². The molecule has 0 radical (unpaired) electrons. The maximum Gasteiger partial charge on any atom is 0.195 e. The molecule has 1 atom stereocenters. The van der Waals surface area contributed by atoms with Crippen molar-refractivity contribution >= 4 is 21.4 Å². The molecule has 0 aliphatic heterocycles. The van der Waals surface area contributed by atoms with E-state index in [0.717, 1.165) is 25.0 Å². The summed E-state index contributed by atoms with van der Waals surface area (Å²) in [6.07, 6.45) is 2.98. The first-order chi connectivity index (χ1) is 8.03. The molecule has 17 heavy (non-hydrogen) atoms. The van der Waals surface area contributed by atoms with E-state index in [1.54, 1.807) is 6.07 Å². The molecule has 0 fully saturated rings. The summed E-state index contributed by atoms with van der Waals surface area (Å²) in [6, 6.07) is 3.52. The number of sulfone groups is 1. The summed E-state index contributed by atoms with van der Waals surface area (Å²) in [5.74, 6) is 0.378. The summed E-state index contributed by atoms with van der Waals surface area (Å²) in [6.45, 7) is 1.83. The fourth-order valence-corrected chi connectivity index (χ4v) is 3.88. The molecule has 1 aromatic rings. The number of aromatic nitrogens is 1. The molecule has 0 spiro atoms. The minimum atomic E-state index is -3.29. The van der Waals surface area contributed by atoms with Crippen LogP contribution in [0.3, 0.4) is 0 Å². The van der Waals surface area contributed by atoms with Crippen molar-refractivity contribution < 1.29 is 8.42 Å². The van der Waals surface area contributed by atoms with Crippen LogP contribution in [-0.4, -0.2) is 25.0 Å². The molecular formula is C12H16ClNO2S. The molecule has 1 unspecified atom stereocenters. The molecule has 94 valence electrons. The number of fused-ring (bicyclic) bond motifs is 1. The summed E-state index contributed by atoms with van der Waals surface area (Å²) in [4.78, 5) is 4.28. The smallest absolute Gasteiger partial charge is 0.195 e. The van der Waals surface area contributed by atoms with Crippen LogP contribution in [0.4, 0.5) is 0 Å². The Kier molecular flexibility index (Phi) is 3.73. The van der Waals surface area contributed by atoms with Gasteiger partial charge in [0.1, 0.15) is 0 Å². The zero-order valence-corrected chi connectivity index (χ0v) is 11.4. The van der Waals surface area contributed by atoms with Crippen molar-refractivity contribution in [3.05, 3.63) is 23.4 Å². The van der Waals surface area contributed by atoms with Gasteiger partial charge >= 0.3 is 0 Å². The van der Waals surface area contributed by atoms with Crippen LogP contribution >= 0.6 is 11.6 Å². The van der Waals surface area contributed by atoms with Gasteiger partial charge in [-0.15, -0.1) is 11.6 Å². The van der Waals surface area contributed by atoms with Gasteiger partial charge in [-0.1, -0.05) is 13.0 Å². The van der Waals surface area contributed by atoms with Gasteiger partial charge in [-0.3, -0.25) is 0 Å². The van der Waals surface area contributed by atoms with Crippen LogP contribution in [0, 0.1) is 5.92 Å². The maximum absolute atomic E-state index is 12.1. The molecule has 1 aliphatic rings. The Hall–Kier alpha value is -0.610. The van der Waals surface area contributed by atoms with E-state index in [1.807, 2.05) is 13.0 Å². The van der Waals surface area contributed by atoms with Gasteiger partial charge in [0, 0.05) is 11.6 Å². The summed E-state index contributed by atoms with van der Waals surface area (Å²) < 4.78 is 24.2. The van der Waals surface area contributed by atoms with Gasteiger partial charge in [0.25, 0.3) is 0 Å². The molecule has 0 bridgehead atoms. The lowest BCUT2D eigenvalue weighted by molar-refractivity contribution is 0.579. The monoisotopic (exact) mass is 273 g/mol. The number of rotatable bonds is 4. The van der Waals surface area contributed by atoms with Gasteiger partial charge in [0.15, 0.2) is 14.9 Å². The zero-order valence-electron chi connectivity index (χ0n) is 9.82. The van der Waals surface area contributed by atoms with Crippen LogP contribution < -0.4 is 0 Å². The Morgan fingerprint density at radius 1 is 1.41 bits per heavy atom. The molecule has 0 amide bonds. The lowest BCUT2D eigenvalue weighted by Crippen LogP contribution is -2.16. The average Bonchev–Trinajstić information content (AvgIpc) is 2.75. The molecule has 0 saturated carbocycles. The van der Waals surface area contributed by atoms with Crippen molar-refractivity contribution in [2.45, 2.75) is 31.2 Å². The highest BCUT2D eigenvalue weighted by Crippen LogP contribution is 2.22. The normalized spacial score (nSPS) is 16.8. The van der Waals surface area contributed by atoms with Crippen LogP contribution in [0.5, 0.6) is 0 Å². The van der Waals surface area contributed by atoms with Crippen molar-refractivity contribution in [2.75, 3.05) is 11.6 Å². The number of nitrogens with zero attached hydrogens (tertiary/aromatic N) is 1. The van der Waals surface area contributed by atoms with Crippen LogP contribution in [0.15, 0.2) is 17.2 Å². The zero-order chi connectivity index (χ0) is 12.5. The van der Waals surface area contributed by atoms with Crippen LogP contribution in [-0.2, 0) is 22.7 Å². The third-order valence-electron chi connectivity index (χ3n) is 2.99. The number of pyridine rings is 1. The highest BCUT2D eigenvalue weighted by molar-refractivity contribution is 7.91. The summed E-state index contributed by atoms with van der Waals surface area (Å²) in [5, 5.41) is 0.204. The first kappa shape index (κ1) is 12.8. The molecular weight excluding hydrogens is 258 g/mol. The fraction of sp³-hybridized carbons (Fsp3) is 0.583. The number of alkyl halides is 1. The molecule has 3 nitrogen and oxygen atoms in total. The van der Waals surface area contributed by atoms with E-state index in [4.69, 9.17) is 11.6 Å². The SMILES string of the molecule is CC(CCl)CS(=O)(=O)c1ccc2c(n1)CCC2. The highest BCUT2D eigenvalue weighted by Gasteiger charge is 2.22. The Morgan fingerprint density at radius 3 is 2.88 bits per heavy atom. The second kappa shape index (κ2) is 4.94. The molecule has 0 aromatic carbocycles. The lowest BCUT2D eigenvalue weighted by Gasteiger charge is -2.09. The molecule has 5 heteroatoms. The van der Waals surface area contributed by atoms with Crippen molar-refractivity contribution in [2.24, 2.45) is 5.92 Å². The quantitative estimate of drug-likeness (QED) is 0.791. The van der Waals surface area contributed by atoms with E-state index in [1.165, 1.54) is 5.56 Å². The standard InChI is InChI=1S/C12H16ClNO2S/c1-9(7-13)8-17(15,16)12-6-5-10-3-2-4-11(10)14-12/h5-6,9H,2-4,7-8H2,1H3. The average molecular weight is 274 g/mol. The topological polar surface area (TPSA) is 47.0 Å². The van der Waals surface area contributed by atoms with Gasteiger partial charge in [0.2, 0.25) is 0 Å². The predicted molar refractivity (Wildman–Crippen MR) is 68.2 cm³/mol. The number of aryl methyl sites for hydroxylation is 2. The molecule has 0 N–H and O–H groups in total. The second-order valence-electron chi connectivity index (χ2n) is 4.65. The summed E-state index contributed by atoms with van der Waals surface area (Å²) in [7, 11) is -3.29. The largest absolute Gasteiger partial charge is 0.241 e. The van der Waals surface area contributed by atoms with Crippen molar-refractivity contribution in [3.63, 3.8) is 0 Å². The minimum Gasteiger partial charge on any atom is -0.241 e. The van der Waals surface area contributed by atoms with Crippen LogP contribution in [0.25, 0.3) is 0 Å². The Bertz CT molecular complexity index is 513. The first-order valence-electron chi connectivity index (χ1n) is 5.80. The van der Waals surface area contributed by atoms with Crippen molar-refractivity contribution in [1.82, 2.24) is 4.98 Å². The van der Waals surface area contributed by atoms with Crippen LogP contribution in [0.1, 0.15) is 24.6 Å². The first-order valence-corrected chi connectivity index (χ1v) is 7.99.